The first kappa shape index (κ1) is 24.9. The molecule has 4 nitrogen and oxygen atoms in total. The second-order valence-electron chi connectivity index (χ2n) is 11.5. The monoisotopic (exact) mass is 461 g/mol. The van der Waals surface area contributed by atoms with E-state index in [2.05, 4.69) is 76.2 Å². The number of carbonyl (C=O) groups is 1. The molecule has 2 aliphatic rings. The van der Waals surface area contributed by atoms with Crippen molar-refractivity contribution in [2.45, 2.75) is 59.5 Å². The van der Waals surface area contributed by atoms with Gasteiger partial charge in [-0.05, 0) is 48.8 Å². The van der Waals surface area contributed by atoms with Crippen LogP contribution in [-0.2, 0) is 17.8 Å². The van der Waals surface area contributed by atoms with Crippen molar-refractivity contribution in [3.8, 4) is 0 Å². The Labute approximate surface area is 206 Å². The lowest BCUT2D eigenvalue weighted by Gasteiger charge is -2.44. The molecule has 2 fully saturated rings. The molecule has 4 heteroatoms. The van der Waals surface area contributed by atoms with E-state index in [-0.39, 0.29) is 5.41 Å². The summed E-state index contributed by atoms with van der Waals surface area (Å²) in [5, 5.41) is 0. The van der Waals surface area contributed by atoms with E-state index in [1.165, 1.54) is 23.2 Å². The Hall–Kier alpha value is -2.17. The molecule has 0 spiro atoms. The summed E-state index contributed by atoms with van der Waals surface area (Å²) in [5.74, 6) is 1.00. The minimum Gasteiger partial charge on any atom is -0.342 e. The number of likely N-dealkylation sites (tertiary alicyclic amines) is 1. The summed E-state index contributed by atoms with van der Waals surface area (Å²) in [4.78, 5) is 20.2. The van der Waals surface area contributed by atoms with Crippen LogP contribution in [0.15, 0.2) is 54.6 Å². The zero-order valence-electron chi connectivity index (χ0n) is 21.7. The molecule has 4 rings (SSSR count). The smallest absolute Gasteiger partial charge is 0.227 e. The molecule has 0 aromatic heterocycles. The summed E-state index contributed by atoms with van der Waals surface area (Å²) in [5.41, 5.74) is 3.99. The summed E-state index contributed by atoms with van der Waals surface area (Å²) in [6.45, 7) is 15.7. The van der Waals surface area contributed by atoms with Gasteiger partial charge in [-0.1, -0.05) is 75.4 Å². The third-order valence-corrected chi connectivity index (χ3v) is 7.70. The van der Waals surface area contributed by atoms with E-state index >= 15 is 0 Å². The maximum absolute atomic E-state index is 12.7. The fraction of sp³-hybridized carbons (Fsp3) is 0.567. The first-order valence-corrected chi connectivity index (χ1v) is 13.1. The van der Waals surface area contributed by atoms with Gasteiger partial charge in [0.05, 0.1) is 0 Å². The maximum atomic E-state index is 12.7. The molecule has 2 aromatic rings. The van der Waals surface area contributed by atoms with E-state index in [9.17, 15) is 4.79 Å². The fourth-order valence-corrected chi connectivity index (χ4v) is 5.58. The van der Waals surface area contributed by atoms with E-state index in [0.717, 1.165) is 58.5 Å². The van der Waals surface area contributed by atoms with Gasteiger partial charge in [0.2, 0.25) is 5.91 Å². The normalized spacial score (nSPS) is 21.1. The molecule has 2 aliphatic heterocycles. The number of aryl methyl sites for hydroxylation is 1. The molecule has 34 heavy (non-hydrogen) atoms. The van der Waals surface area contributed by atoms with Crippen molar-refractivity contribution < 1.29 is 4.79 Å². The summed E-state index contributed by atoms with van der Waals surface area (Å²) in [6.07, 6.45) is 3.37. The van der Waals surface area contributed by atoms with Crippen LogP contribution < -0.4 is 0 Å². The molecule has 184 valence electrons. The topological polar surface area (TPSA) is 26.8 Å². The fourth-order valence-electron chi connectivity index (χ4n) is 5.58. The van der Waals surface area contributed by atoms with Gasteiger partial charge >= 0.3 is 0 Å². The SMILES string of the molecule is Cc1ccccc1CN1CCN(CC2CCN(C(=O)C(C)(C)C)CC2)C[C@@H]1Cc1ccccc1. The van der Waals surface area contributed by atoms with Gasteiger partial charge in [0, 0.05) is 57.3 Å². The zero-order valence-corrected chi connectivity index (χ0v) is 21.7. The van der Waals surface area contributed by atoms with Crippen molar-refractivity contribution in [1.82, 2.24) is 14.7 Å². The van der Waals surface area contributed by atoms with Crippen molar-refractivity contribution in [1.29, 1.82) is 0 Å². The molecular formula is C30H43N3O. The Morgan fingerprint density at radius 3 is 2.26 bits per heavy atom. The number of amides is 1. The minimum absolute atomic E-state index is 0.273. The Morgan fingerprint density at radius 1 is 0.912 bits per heavy atom. The molecule has 0 aliphatic carbocycles. The molecule has 1 amide bonds. The second kappa shape index (κ2) is 11.0. The van der Waals surface area contributed by atoms with Crippen molar-refractivity contribution in [3.63, 3.8) is 0 Å². The number of piperazine rings is 1. The van der Waals surface area contributed by atoms with Crippen molar-refractivity contribution in [3.05, 3.63) is 71.3 Å². The zero-order chi connectivity index (χ0) is 24.1. The molecule has 0 unspecified atom stereocenters. The maximum Gasteiger partial charge on any atom is 0.227 e. The van der Waals surface area contributed by atoms with Crippen LogP contribution in [-0.4, -0.2) is 65.9 Å². The molecule has 0 bridgehead atoms. The quantitative estimate of drug-likeness (QED) is 0.605. The highest BCUT2D eigenvalue weighted by atomic mass is 16.2. The van der Waals surface area contributed by atoms with Gasteiger partial charge in [-0.3, -0.25) is 9.69 Å². The summed E-state index contributed by atoms with van der Waals surface area (Å²) in [6, 6.07) is 20.3. The Balaban J connectivity index is 1.37. The van der Waals surface area contributed by atoms with Crippen LogP contribution in [0.4, 0.5) is 0 Å². The number of piperidine rings is 1. The van der Waals surface area contributed by atoms with E-state index in [1.54, 1.807) is 0 Å². The first-order chi connectivity index (χ1) is 16.3. The highest BCUT2D eigenvalue weighted by Crippen LogP contribution is 2.26. The lowest BCUT2D eigenvalue weighted by atomic mass is 9.90. The highest BCUT2D eigenvalue weighted by molar-refractivity contribution is 5.81. The second-order valence-corrected chi connectivity index (χ2v) is 11.5. The molecular weight excluding hydrogens is 418 g/mol. The van der Waals surface area contributed by atoms with Crippen LogP contribution in [0.1, 0.15) is 50.3 Å². The largest absolute Gasteiger partial charge is 0.342 e. The third kappa shape index (κ3) is 6.49. The number of nitrogens with zero attached hydrogens (tertiary/aromatic N) is 3. The summed E-state index contributed by atoms with van der Waals surface area (Å²) in [7, 11) is 0. The molecule has 0 saturated carbocycles. The van der Waals surface area contributed by atoms with Gasteiger partial charge in [0.25, 0.3) is 0 Å². The Kier molecular flexibility index (Phi) is 8.10. The Bertz CT molecular complexity index is 928. The first-order valence-electron chi connectivity index (χ1n) is 13.1. The van der Waals surface area contributed by atoms with Gasteiger partial charge in [0.1, 0.15) is 0 Å². The van der Waals surface area contributed by atoms with Crippen LogP contribution in [0, 0.1) is 18.3 Å². The van der Waals surface area contributed by atoms with E-state index in [4.69, 9.17) is 0 Å². The molecule has 2 saturated heterocycles. The predicted octanol–water partition coefficient (Wildman–Crippen LogP) is 5.01. The predicted molar refractivity (Wildman–Crippen MR) is 141 cm³/mol. The van der Waals surface area contributed by atoms with E-state index < -0.39 is 0 Å². The number of carbonyl (C=O) groups excluding carboxylic acids is 1. The molecule has 1 atom stereocenters. The van der Waals surface area contributed by atoms with Gasteiger partial charge in [-0.2, -0.15) is 0 Å². The van der Waals surface area contributed by atoms with Crippen molar-refractivity contribution >= 4 is 5.91 Å². The average Bonchev–Trinajstić information content (AvgIpc) is 2.82. The number of hydrogen-bond donors (Lipinski definition) is 0. The number of hydrogen-bond acceptors (Lipinski definition) is 3. The molecule has 0 N–H and O–H groups in total. The number of benzene rings is 2. The molecule has 2 heterocycles. The van der Waals surface area contributed by atoms with Gasteiger partial charge in [-0.25, -0.2) is 0 Å². The van der Waals surface area contributed by atoms with Gasteiger partial charge in [0.15, 0.2) is 0 Å². The van der Waals surface area contributed by atoms with Crippen LogP contribution in [0.25, 0.3) is 0 Å². The van der Waals surface area contributed by atoms with Crippen LogP contribution >= 0.6 is 0 Å². The van der Waals surface area contributed by atoms with Gasteiger partial charge in [-0.15, -0.1) is 0 Å². The number of rotatable bonds is 6. The van der Waals surface area contributed by atoms with Crippen LogP contribution in [0.2, 0.25) is 0 Å². The Morgan fingerprint density at radius 2 is 1.59 bits per heavy atom. The lowest BCUT2D eigenvalue weighted by Crippen LogP contribution is -2.55. The van der Waals surface area contributed by atoms with E-state index in [1.807, 2.05) is 20.8 Å². The average molecular weight is 462 g/mol. The lowest BCUT2D eigenvalue weighted by molar-refractivity contribution is -0.141. The van der Waals surface area contributed by atoms with Crippen LogP contribution in [0.3, 0.4) is 0 Å². The molecule has 2 aromatic carbocycles. The minimum atomic E-state index is -0.273. The van der Waals surface area contributed by atoms with E-state index in [0.29, 0.717) is 17.9 Å². The highest BCUT2D eigenvalue weighted by Gasteiger charge is 2.33. The molecule has 0 radical (unpaired) electrons. The third-order valence-electron chi connectivity index (χ3n) is 7.70. The summed E-state index contributed by atoms with van der Waals surface area (Å²) < 4.78 is 0. The van der Waals surface area contributed by atoms with Gasteiger partial charge < -0.3 is 9.80 Å². The van der Waals surface area contributed by atoms with Crippen molar-refractivity contribution in [2.75, 3.05) is 39.3 Å². The van der Waals surface area contributed by atoms with Crippen molar-refractivity contribution in [2.24, 2.45) is 11.3 Å². The standard InChI is InChI=1S/C30H43N3O/c1-24-10-8-9-13-27(24)22-33-19-18-31(23-28(33)20-25-11-6-5-7-12-25)21-26-14-16-32(17-15-26)29(34)30(2,3)4/h5-13,26,28H,14-23H2,1-4H3/t28-/m0/s1. The van der Waals surface area contributed by atoms with Crippen LogP contribution in [0.5, 0.6) is 0 Å². The summed E-state index contributed by atoms with van der Waals surface area (Å²) >= 11 is 0.